The maximum Gasteiger partial charge on any atom is 0.297 e. The first kappa shape index (κ1) is 27.2. The van der Waals surface area contributed by atoms with E-state index >= 15 is 0 Å². The van der Waals surface area contributed by atoms with Crippen molar-refractivity contribution in [1.82, 2.24) is 4.90 Å². The lowest BCUT2D eigenvalue weighted by molar-refractivity contribution is -0.146. The Bertz CT molecular complexity index is 1240. The van der Waals surface area contributed by atoms with Gasteiger partial charge in [-0.1, -0.05) is 35.4 Å². The Balaban J connectivity index is 1.87. The highest BCUT2D eigenvalue weighted by atomic mass is 32.2. The monoisotopic (exact) mass is 527 g/mol. The summed E-state index contributed by atoms with van der Waals surface area (Å²) in [5.41, 5.74) is 1.74. The third-order valence-corrected chi connectivity index (χ3v) is 8.34. The molecule has 1 aliphatic heterocycles. The lowest BCUT2D eigenvalue weighted by Crippen LogP contribution is -2.51. The van der Waals surface area contributed by atoms with Gasteiger partial charge in [0.05, 0.1) is 22.4 Å². The minimum absolute atomic E-state index is 0.0457. The lowest BCUT2D eigenvalue weighted by atomic mass is 10.1. The number of methoxy groups -OCH3 is 1. The molecule has 1 heterocycles. The predicted octanol–water partition coefficient (Wildman–Crippen LogP) is 2.00. The number of hydrogen-bond acceptors (Lipinski definition) is 9. The lowest BCUT2D eigenvalue weighted by Gasteiger charge is -2.31. The number of amides is 1. The fourth-order valence-corrected chi connectivity index (χ4v) is 5.65. The van der Waals surface area contributed by atoms with Crippen molar-refractivity contribution < 1.29 is 39.5 Å². The van der Waals surface area contributed by atoms with Crippen molar-refractivity contribution in [1.29, 1.82) is 0 Å². The van der Waals surface area contributed by atoms with Gasteiger partial charge in [-0.15, -0.1) is 0 Å². The molecule has 0 unspecified atom stereocenters. The predicted molar refractivity (Wildman–Crippen MR) is 125 cm³/mol. The van der Waals surface area contributed by atoms with E-state index in [0.29, 0.717) is 0 Å². The smallest absolute Gasteiger partial charge is 0.297 e. The van der Waals surface area contributed by atoms with E-state index in [-0.39, 0.29) is 9.79 Å². The zero-order valence-electron chi connectivity index (χ0n) is 20.1. The Hall–Kier alpha value is -2.35. The summed E-state index contributed by atoms with van der Waals surface area (Å²) < 4.78 is 73.0. The second-order valence-corrected chi connectivity index (χ2v) is 11.5. The van der Waals surface area contributed by atoms with E-state index in [1.54, 1.807) is 24.3 Å². The third kappa shape index (κ3) is 6.26. The van der Waals surface area contributed by atoms with Gasteiger partial charge in [0.2, 0.25) is 5.91 Å². The molecule has 12 heteroatoms. The Morgan fingerprint density at radius 2 is 1.40 bits per heavy atom. The number of aryl methyl sites for hydroxylation is 2. The van der Waals surface area contributed by atoms with Gasteiger partial charge in [-0.05, 0) is 38.1 Å². The first-order valence-corrected chi connectivity index (χ1v) is 13.5. The average Bonchev–Trinajstić information content (AvgIpc) is 3.14. The molecule has 0 bridgehead atoms. The molecular weight excluding hydrogens is 498 g/mol. The Morgan fingerprint density at radius 3 is 1.86 bits per heavy atom. The van der Waals surface area contributed by atoms with Crippen LogP contribution in [0.25, 0.3) is 0 Å². The van der Waals surface area contributed by atoms with Crippen molar-refractivity contribution in [2.24, 2.45) is 0 Å². The molecule has 3 rings (SSSR count). The summed E-state index contributed by atoms with van der Waals surface area (Å²) in [4.78, 5) is 13.3. The molecular formula is C23H29NO9S2. The van der Waals surface area contributed by atoms with E-state index in [0.717, 1.165) is 11.1 Å². The number of carbonyl (C=O) groups is 1. The molecule has 1 aliphatic rings. The maximum atomic E-state index is 13.0. The molecule has 1 saturated heterocycles. The molecule has 0 N–H and O–H groups in total. The van der Waals surface area contributed by atoms with E-state index < -0.39 is 57.3 Å². The molecule has 0 spiro atoms. The van der Waals surface area contributed by atoms with Gasteiger partial charge >= 0.3 is 0 Å². The van der Waals surface area contributed by atoms with Crippen LogP contribution in [0.2, 0.25) is 0 Å². The molecule has 1 amide bonds. The van der Waals surface area contributed by atoms with Gasteiger partial charge in [0, 0.05) is 21.1 Å². The van der Waals surface area contributed by atoms with Gasteiger partial charge in [0.15, 0.2) is 12.4 Å². The van der Waals surface area contributed by atoms with Gasteiger partial charge < -0.3 is 14.4 Å². The van der Waals surface area contributed by atoms with Crippen LogP contribution in [0.1, 0.15) is 18.1 Å². The molecule has 2 aromatic carbocycles. The highest BCUT2D eigenvalue weighted by Gasteiger charge is 2.51. The summed E-state index contributed by atoms with van der Waals surface area (Å²) in [6, 6.07) is 11.1. The normalized spacial score (nSPS) is 22.8. The van der Waals surface area contributed by atoms with Gasteiger partial charge in [-0.25, -0.2) is 0 Å². The second-order valence-electron chi connectivity index (χ2n) is 8.28. The number of nitrogens with zero attached hydrogens (tertiary/aromatic N) is 1. The van der Waals surface area contributed by atoms with Crippen LogP contribution < -0.4 is 0 Å². The van der Waals surface area contributed by atoms with E-state index in [2.05, 4.69) is 0 Å². The summed E-state index contributed by atoms with van der Waals surface area (Å²) in [6.45, 7) is 4.42. The van der Waals surface area contributed by atoms with Gasteiger partial charge in [0.25, 0.3) is 20.2 Å². The van der Waals surface area contributed by atoms with Crippen molar-refractivity contribution in [3.63, 3.8) is 0 Å². The standard InChI is InChI=1S/C23H29NO9S2/c1-15-6-10-18(11-7-15)34(26,27)31-14-20-21(24(4)17(3)25)22(23(30-5)32-20)33-35(28,29)19-12-8-16(2)9-13-19/h6-13,20-23H,14H2,1-5H3/t20-,21-,22-,23+/m0/s1. The van der Waals surface area contributed by atoms with E-state index in [4.69, 9.17) is 17.8 Å². The summed E-state index contributed by atoms with van der Waals surface area (Å²) in [7, 11) is -5.68. The van der Waals surface area contributed by atoms with Crippen molar-refractivity contribution in [3.05, 3.63) is 59.7 Å². The maximum absolute atomic E-state index is 13.0. The summed E-state index contributed by atoms with van der Waals surface area (Å²) in [5, 5.41) is 0. The largest absolute Gasteiger partial charge is 0.353 e. The first-order chi connectivity index (χ1) is 16.4. The number of likely N-dealkylation sites (N-methyl/N-ethyl adjacent to an activating group) is 1. The summed E-state index contributed by atoms with van der Waals surface area (Å²) in [5.74, 6) is -0.414. The fraction of sp³-hybridized carbons (Fsp3) is 0.435. The Kier molecular flexibility index (Phi) is 8.35. The molecule has 1 fully saturated rings. The third-order valence-electron chi connectivity index (χ3n) is 5.72. The fourth-order valence-electron chi connectivity index (χ4n) is 3.65. The van der Waals surface area contributed by atoms with Crippen LogP contribution in [-0.4, -0.2) is 72.9 Å². The Labute approximate surface area is 206 Å². The van der Waals surface area contributed by atoms with Crippen molar-refractivity contribution >= 4 is 26.1 Å². The minimum Gasteiger partial charge on any atom is -0.353 e. The molecule has 192 valence electrons. The number of benzene rings is 2. The molecule has 0 radical (unpaired) electrons. The van der Waals surface area contributed by atoms with Crippen molar-refractivity contribution in [3.8, 4) is 0 Å². The second kappa shape index (κ2) is 10.7. The van der Waals surface area contributed by atoms with Gasteiger partial charge in [0.1, 0.15) is 6.10 Å². The minimum atomic E-state index is -4.27. The van der Waals surface area contributed by atoms with Crippen LogP contribution in [0.4, 0.5) is 0 Å². The molecule has 0 saturated carbocycles. The molecule has 4 atom stereocenters. The summed E-state index contributed by atoms with van der Waals surface area (Å²) >= 11 is 0. The van der Waals surface area contributed by atoms with Crippen LogP contribution in [0.15, 0.2) is 58.3 Å². The highest BCUT2D eigenvalue weighted by molar-refractivity contribution is 7.87. The molecule has 35 heavy (non-hydrogen) atoms. The average molecular weight is 528 g/mol. The van der Waals surface area contributed by atoms with Crippen molar-refractivity contribution in [2.75, 3.05) is 20.8 Å². The molecule has 2 aromatic rings. The first-order valence-electron chi connectivity index (χ1n) is 10.7. The van der Waals surface area contributed by atoms with Gasteiger partial charge in [-0.3, -0.25) is 13.2 Å². The number of hydrogen-bond donors (Lipinski definition) is 0. The van der Waals surface area contributed by atoms with E-state index in [1.807, 2.05) is 13.8 Å². The number of ether oxygens (including phenoxy) is 2. The topological polar surface area (TPSA) is 126 Å². The number of rotatable bonds is 9. The number of carbonyl (C=O) groups excluding carboxylic acids is 1. The summed E-state index contributed by atoms with van der Waals surface area (Å²) in [6.07, 6.45) is -3.55. The van der Waals surface area contributed by atoms with E-state index in [1.165, 1.54) is 50.2 Å². The zero-order chi connectivity index (χ0) is 26.0. The van der Waals surface area contributed by atoms with Crippen LogP contribution >= 0.6 is 0 Å². The van der Waals surface area contributed by atoms with Crippen LogP contribution in [0, 0.1) is 13.8 Å². The zero-order valence-corrected chi connectivity index (χ0v) is 21.7. The highest BCUT2D eigenvalue weighted by Crippen LogP contribution is 2.32. The molecule has 10 nitrogen and oxygen atoms in total. The van der Waals surface area contributed by atoms with Crippen LogP contribution in [0.3, 0.4) is 0 Å². The van der Waals surface area contributed by atoms with Crippen LogP contribution in [-0.2, 0) is 42.9 Å². The molecule has 0 aliphatic carbocycles. The molecule has 0 aromatic heterocycles. The van der Waals surface area contributed by atoms with Gasteiger partial charge in [-0.2, -0.15) is 16.8 Å². The van der Waals surface area contributed by atoms with Crippen molar-refractivity contribution in [2.45, 2.75) is 55.1 Å². The Morgan fingerprint density at radius 1 is 0.914 bits per heavy atom. The quantitative estimate of drug-likeness (QED) is 0.450. The van der Waals surface area contributed by atoms with E-state index in [9.17, 15) is 21.6 Å². The van der Waals surface area contributed by atoms with Crippen LogP contribution in [0.5, 0.6) is 0 Å². The SMILES string of the molecule is CO[C@@H]1O[C@@H](COS(=O)(=O)c2ccc(C)cc2)[C@H](N(C)C(C)=O)[C@@H]1OS(=O)(=O)c1ccc(C)cc1.